The summed E-state index contributed by atoms with van der Waals surface area (Å²) >= 11 is 1.85. The fourth-order valence-corrected chi connectivity index (χ4v) is 3.83. The van der Waals surface area contributed by atoms with Gasteiger partial charge in [0.2, 0.25) is 0 Å². The van der Waals surface area contributed by atoms with Crippen molar-refractivity contribution < 1.29 is 5.11 Å². The van der Waals surface area contributed by atoms with E-state index in [0.717, 1.165) is 25.8 Å². The molecule has 0 saturated heterocycles. The van der Waals surface area contributed by atoms with Crippen molar-refractivity contribution in [1.82, 2.24) is 0 Å². The van der Waals surface area contributed by atoms with E-state index >= 15 is 0 Å². The summed E-state index contributed by atoms with van der Waals surface area (Å²) in [4.78, 5) is 5.07. The topological polar surface area (TPSA) is 23.5 Å². The van der Waals surface area contributed by atoms with E-state index in [2.05, 4.69) is 53.4 Å². The monoisotopic (exact) mass is 299 g/mol. The van der Waals surface area contributed by atoms with Crippen LogP contribution in [0.1, 0.15) is 26.2 Å². The number of unbranched alkanes of at least 4 members (excludes halogenated alkanes) is 1. The van der Waals surface area contributed by atoms with Gasteiger partial charge in [-0.3, -0.25) is 0 Å². The van der Waals surface area contributed by atoms with Gasteiger partial charge in [0, 0.05) is 16.3 Å². The highest BCUT2D eigenvalue weighted by molar-refractivity contribution is 7.99. The van der Waals surface area contributed by atoms with E-state index < -0.39 is 0 Å². The third-order valence-corrected chi connectivity index (χ3v) is 4.92. The molecule has 3 rings (SSSR count). The Morgan fingerprint density at radius 1 is 0.952 bits per heavy atom. The number of fused-ring (bicyclic) bond motifs is 2. The van der Waals surface area contributed by atoms with Crippen molar-refractivity contribution >= 4 is 23.1 Å². The summed E-state index contributed by atoms with van der Waals surface area (Å²) in [5.41, 5.74) is 2.61. The second-order valence-corrected chi connectivity index (χ2v) is 6.62. The second-order valence-electron chi connectivity index (χ2n) is 5.53. The lowest BCUT2D eigenvalue weighted by atomic mass is 10.1. The number of hydrogen-bond acceptors (Lipinski definition) is 3. The molecule has 0 spiro atoms. The average molecular weight is 299 g/mol. The Labute approximate surface area is 130 Å². The van der Waals surface area contributed by atoms with Gasteiger partial charge in [-0.2, -0.15) is 0 Å². The first kappa shape index (κ1) is 14.5. The summed E-state index contributed by atoms with van der Waals surface area (Å²) < 4.78 is 0. The van der Waals surface area contributed by atoms with Crippen LogP contribution in [0.5, 0.6) is 0 Å². The third kappa shape index (κ3) is 3.25. The molecular formula is C18H21NOS. The van der Waals surface area contributed by atoms with Gasteiger partial charge in [0.25, 0.3) is 0 Å². The normalized spacial score (nSPS) is 14.5. The Bertz CT molecular complexity index is 566. The standard InChI is InChI=1S/C18H21NOS/c1-14(20)8-6-7-13-19-15-9-2-4-11-17(15)21-18-12-5-3-10-16(18)19/h2-5,9-12,14,20H,6-8,13H2,1H3/t14-/m1/s1. The van der Waals surface area contributed by atoms with E-state index in [4.69, 9.17) is 0 Å². The van der Waals surface area contributed by atoms with Crippen LogP contribution in [-0.2, 0) is 0 Å². The summed E-state index contributed by atoms with van der Waals surface area (Å²) in [5, 5.41) is 9.39. The molecule has 1 aliphatic heterocycles. The Kier molecular flexibility index (Phi) is 4.51. The quantitative estimate of drug-likeness (QED) is 0.799. The summed E-state index contributed by atoms with van der Waals surface area (Å²) in [5.74, 6) is 0. The zero-order valence-electron chi connectivity index (χ0n) is 12.3. The first-order chi connectivity index (χ1) is 10.3. The number of aliphatic hydroxyl groups is 1. The molecule has 21 heavy (non-hydrogen) atoms. The number of rotatable bonds is 5. The smallest absolute Gasteiger partial charge is 0.0552 e. The molecule has 3 heteroatoms. The van der Waals surface area contributed by atoms with Gasteiger partial charge in [-0.25, -0.2) is 0 Å². The van der Waals surface area contributed by atoms with E-state index in [9.17, 15) is 5.11 Å². The highest BCUT2D eigenvalue weighted by atomic mass is 32.2. The van der Waals surface area contributed by atoms with E-state index in [1.165, 1.54) is 21.2 Å². The summed E-state index contributed by atoms with van der Waals surface area (Å²) in [6.45, 7) is 2.86. The van der Waals surface area contributed by atoms with Crippen LogP contribution in [0, 0.1) is 0 Å². The SMILES string of the molecule is C[C@@H](O)CCCCN1c2ccccc2Sc2ccccc21. The number of nitrogens with zero attached hydrogens (tertiary/aromatic N) is 1. The van der Waals surface area contributed by atoms with Gasteiger partial charge in [0.1, 0.15) is 0 Å². The van der Waals surface area contributed by atoms with Crippen LogP contribution in [0.2, 0.25) is 0 Å². The van der Waals surface area contributed by atoms with E-state index in [1.54, 1.807) is 0 Å². The molecule has 0 saturated carbocycles. The molecule has 0 unspecified atom stereocenters. The van der Waals surface area contributed by atoms with Crippen LogP contribution in [0.3, 0.4) is 0 Å². The first-order valence-corrected chi connectivity index (χ1v) is 8.39. The van der Waals surface area contributed by atoms with Crippen molar-refractivity contribution in [2.45, 2.75) is 42.1 Å². The van der Waals surface area contributed by atoms with Crippen molar-refractivity contribution in [3.63, 3.8) is 0 Å². The van der Waals surface area contributed by atoms with Crippen molar-refractivity contribution in [1.29, 1.82) is 0 Å². The lowest BCUT2D eigenvalue weighted by Crippen LogP contribution is -2.22. The Hall–Kier alpha value is -1.45. The Morgan fingerprint density at radius 3 is 2.10 bits per heavy atom. The summed E-state index contributed by atoms with van der Waals surface area (Å²) in [6.07, 6.45) is 2.84. The molecular weight excluding hydrogens is 278 g/mol. The molecule has 1 atom stereocenters. The maximum absolute atomic E-state index is 9.39. The second kappa shape index (κ2) is 6.54. The minimum absolute atomic E-state index is 0.193. The summed E-state index contributed by atoms with van der Waals surface area (Å²) in [6, 6.07) is 17.2. The van der Waals surface area contributed by atoms with E-state index in [0.29, 0.717) is 0 Å². The number of aliphatic hydroxyl groups excluding tert-OH is 1. The molecule has 2 aromatic rings. The van der Waals surface area contributed by atoms with Crippen molar-refractivity contribution in [2.75, 3.05) is 11.4 Å². The van der Waals surface area contributed by atoms with Gasteiger partial charge in [-0.05, 0) is 50.5 Å². The number of anilines is 2. The molecule has 0 aromatic heterocycles. The van der Waals surface area contributed by atoms with Gasteiger partial charge in [0.05, 0.1) is 17.5 Å². The fourth-order valence-electron chi connectivity index (χ4n) is 2.73. The van der Waals surface area contributed by atoms with Gasteiger partial charge in [-0.15, -0.1) is 0 Å². The Morgan fingerprint density at radius 2 is 1.52 bits per heavy atom. The molecule has 0 fully saturated rings. The van der Waals surface area contributed by atoms with Crippen LogP contribution >= 0.6 is 11.8 Å². The average Bonchev–Trinajstić information content (AvgIpc) is 2.50. The zero-order valence-corrected chi connectivity index (χ0v) is 13.1. The maximum Gasteiger partial charge on any atom is 0.0552 e. The molecule has 1 N–H and O–H groups in total. The Balaban J connectivity index is 1.81. The van der Waals surface area contributed by atoms with Crippen molar-refractivity contribution in [2.24, 2.45) is 0 Å². The number of para-hydroxylation sites is 2. The van der Waals surface area contributed by atoms with Crippen LogP contribution in [0.4, 0.5) is 11.4 Å². The third-order valence-electron chi connectivity index (χ3n) is 3.79. The lowest BCUT2D eigenvalue weighted by molar-refractivity contribution is 0.181. The van der Waals surface area contributed by atoms with Crippen LogP contribution < -0.4 is 4.90 Å². The lowest BCUT2D eigenvalue weighted by Gasteiger charge is -2.32. The molecule has 0 radical (unpaired) electrons. The predicted octanol–water partition coefficient (Wildman–Crippen LogP) is 4.84. The largest absolute Gasteiger partial charge is 0.393 e. The minimum Gasteiger partial charge on any atom is -0.393 e. The molecule has 0 aliphatic carbocycles. The zero-order chi connectivity index (χ0) is 14.7. The highest BCUT2D eigenvalue weighted by Gasteiger charge is 2.22. The number of hydrogen-bond donors (Lipinski definition) is 1. The van der Waals surface area contributed by atoms with Gasteiger partial charge >= 0.3 is 0 Å². The fraction of sp³-hybridized carbons (Fsp3) is 0.333. The van der Waals surface area contributed by atoms with Gasteiger partial charge < -0.3 is 10.0 Å². The molecule has 1 aliphatic rings. The molecule has 2 aromatic carbocycles. The van der Waals surface area contributed by atoms with Crippen LogP contribution in [0.15, 0.2) is 58.3 Å². The molecule has 0 amide bonds. The highest BCUT2D eigenvalue weighted by Crippen LogP contribution is 2.47. The van der Waals surface area contributed by atoms with Gasteiger partial charge in [-0.1, -0.05) is 36.0 Å². The van der Waals surface area contributed by atoms with E-state index in [-0.39, 0.29) is 6.10 Å². The van der Waals surface area contributed by atoms with Crippen LogP contribution in [-0.4, -0.2) is 17.8 Å². The minimum atomic E-state index is -0.193. The van der Waals surface area contributed by atoms with Gasteiger partial charge in [0.15, 0.2) is 0 Å². The molecule has 2 nitrogen and oxygen atoms in total. The molecule has 110 valence electrons. The summed E-state index contributed by atoms with van der Waals surface area (Å²) in [7, 11) is 0. The molecule has 0 bridgehead atoms. The maximum atomic E-state index is 9.39. The predicted molar refractivity (Wildman–Crippen MR) is 89.5 cm³/mol. The van der Waals surface area contributed by atoms with Crippen molar-refractivity contribution in [3.05, 3.63) is 48.5 Å². The van der Waals surface area contributed by atoms with Crippen LogP contribution in [0.25, 0.3) is 0 Å². The molecule has 1 heterocycles. The first-order valence-electron chi connectivity index (χ1n) is 7.57. The van der Waals surface area contributed by atoms with E-state index in [1.807, 2.05) is 18.7 Å². The number of benzene rings is 2. The van der Waals surface area contributed by atoms with Crippen molar-refractivity contribution in [3.8, 4) is 0 Å².